The Hall–Kier alpha value is -2.03. The molecule has 1 saturated carbocycles. The van der Waals surface area contributed by atoms with E-state index in [-0.39, 0.29) is 6.29 Å². The summed E-state index contributed by atoms with van der Waals surface area (Å²) in [5, 5.41) is 0. The van der Waals surface area contributed by atoms with Crippen LogP contribution in [-0.2, 0) is 6.42 Å². The van der Waals surface area contributed by atoms with Crippen LogP contribution < -0.4 is 9.47 Å². The molecule has 0 amide bonds. The lowest BCUT2D eigenvalue weighted by Crippen LogP contribution is -2.17. The SMILES string of the molecule is CCCCCCCC1Oc2ccc(-c3ccc(CCCCCCCCCC4CC4)nc3)cc2O1. The normalized spacial score (nSPS) is 16.8. The van der Waals surface area contributed by atoms with E-state index in [1.807, 2.05) is 12.3 Å². The second-order valence-corrected chi connectivity index (χ2v) is 10.5. The summed E-state index contributed by atoms with van der Waals surface area (Å²) in [6.07, 6.45) is 24.5. The molecule has 1 atom stereocenters. The van der Waals surface area contributed by atoms with E-state index < -0.39 is 0 Å². The van der Waals surface area contributed by atoms with Crippen molar-refractivity contribution in [2.45, 2.75) is 122 Å². The highest BCUT2D eigenvalue weighted by Gasteiger charge is 2.24. The van der Waals surface area contributed by atoms with Crippen molar-refractivity contribution in [3.63, 3.8) is 0 Å². The zero-order valence-corrected chi connectivity index (χ0v) is 21.4. The number of rotatable bonds is 17. The van der Waals surface area contributed by atoms with Gasteiger partial charge in [0.25, 0.3) is 0 Å². The summed E-state index contributed by atoms with van der Waals surface area (Å²) in [7, 11) is 0. The number of nitrogens with zero attached hydrogens (tertiary/aromatic N) is 1. The van der Waals surface area contributed by atoms with Crippen LogP contribution in [0.25, 0.3) is 11.1 Å². The van der Waals surface area contributed by atoms with Gasteiger partial charge < -0.3 is 9.47 Å². The first kappa shape index (κ1) is 25.1. The zero-order valence-electron chi connectivity index (χ0n) is 21.4. The van der Waals surface area contributed by atoms with Gasteiger partial charge in [-0.25, -0.2) is 0 Å². The Bertz CT molecular complexity index is 843. The average molecular weight is 464 g/mol. The van der Waals surface area contributed by atoms with E-state index in [9.17, 15) is 0 Å². The molecule has 1 aromatic heterocycles. The third-order valence-corrected chi connectivity index (χ3v) is 7.40. The summed E-state index contributed by atoms with van der Waals surface area (Å²) in [5.74, 6) is 2.84. The number of fused-ring (bicyclic) bond motifs is 1. The van der Waals surface area contributed by atoms with Crippen LogP contribution in [0.3, 0.4) is 0 Å². The summed E-state index contributed by atoms with van der Waals surface area (Å²) >= 11 is 0. The molecule has 2 heterocycles. The first-order valence-electron chi connectivity index (χ1n) is 14.2. The van der Waals surface area contributed by atoms with Crippen molar-refractivity contribution in [2.75, 3.05) is 0 Å². The standard InChI is InChI=1S/C31H45NO2/c1-2-3-4-8-13-16-31-33-29-22-20-26(23-30(29)34-31)27-19-21-28(32-24-27)15-12-10-7-5-6-9-11-14-25-17-18-25/h19-25,31H,2-18H2,1H3. The Balaban J connectivity index is 1.13. The Morgan fingerprint density at radius 2 is 1.38 bits per heavy atom. The van der Waals surface area contributed by atoms with Gasteiger partial charge in [-0.05, 0) is 48.9 Å². The van der Waals surface area contributed by atoms with Crippen LogP contribution in [0.4, 0.5) is 0 Å². The predicted octanol–water partition coefficient (Wildman–Crippen LogP) is 9.28. The maximum Gasteiger partial charge on any atom is 0.241 e. The highest BCUT2D eigenvalue weighted by molar-refractivity contribution is 5.67. The second-order valence-electron chi connectivity index (χ2n) is 10.5. The summed E-state index contributed by atoms with van der Waals surface area (Å²) in [6, 6.07) is 10.7. The minimum Gasteiger partial charge on any atom is -0.451 e. The Labute approximate surface area is 207 Å². The number of benzene rings is 1. The number of aromatic nitrogens is 1. The topological polar surface area (TPSA) is 31.4 Å². The van der Waals surface area contributed by atoms with Crippen molar-refractivity contribution in [3.05, 3.63) is 42.2 Å². The van der Waals surface area contributed by atoms with Crippen LogP contribution in [0.1, 0.15) is 115 Å². The van der Waals surface area contributed by atoms with E-state index in [0.29, 0.717) is 0 Å². The van der Waals surface area contributed by atoms with Crippen molar-refractivity contribution in [3.8, 4) is 22.6 Å². The number of hydrogen-bond donors (Lipinski definition) is 0. The first-order chi connectivity index (χ1) is 16.8. The Kier molecular flexibility index (Phi) is 10.1. The van der Waals surface area contributed by atoms with Gasteiger partial charge in [-0.1, -0.05) is 103 Å². The molecule has 0 spiro atoms. The van der Waals surface area contributed by atoms with Crippen molar-refractivity contribution < 1.29 is 9.47 Å². The van der Waals surface area contributed by atoms with E-state index in [1.165, 1.54) is 95.6 Å². The molecular weight excluding hydrogens is 418 g/mol. The molecule has 2 aliphatic rings. The van der Waals surface area contributed by atoms with Crippen LogP contribution in [0.15, 0.2) is 36.5 Å². The van der Waals surface area contributed by atoms with E-state index in [4.69, 9.17) is 14.5 Å². The van der Waals surface area contributed by atoms with Gasteiger partial charge in [0.05, 0.1) is 0 Å². The van der Waals surface area contributed by atoms with Gasteiger partial charge in [-0.15, -0.1) is 0 Å². The lowest BCUT2D eigenvalue weighted by atomic mass is 10.0. The van der Waals surface area contributed by atoms with Gasteiger partial charge in [0.15, 0.2) is 11.5 Å². The summed E-state index contributed by atoms with van der Waals surface area (Å²) in [4.78, 5) is 4.74. The fraction of sp³-hybridized carbons (Fsp3) is 0.645. The number of pyridine rings is 1. The molecule has 0 radical (unpaired) electrons. The third kappa shape index (κ3) is 8.32. The smallest absolute Gasteiger partial charge is 0.241 e. The number of ether oxygens (including phenoxy) is 2. The number of aryl methyl sites for hydroxylation is 1. The molecular formula is C31H45NO2. The van der Waals surface area contributed by atoms with Crippen LogP contribution in [0.5, 0.6) is 11.5 Å². The minimum atomic E-state index is -0.130. The number of hydrogen-bond acceptors (Lipinski definition) is 3. The van der Waals surface area contributed by atoms with Crippen LogP contribution in [0.2, 0.25) is 0 Å². The van der Waals surface area contributed by atoms with Gasteiger partial charge in [0, 0.05) is 23.9 Å². The molecule has 186 valence electrons. The molecule has 1 fully saturated rings. The predicted molar refractivity (Wildman–Crippen MR) is 141 cm³/mol. The molecule has 0 bridgehead atoms. The fourth-order valence-electron chi connectivity index (χ4n) is 4.99. The van der Waals surface area contributed by atoms with Crippen molar-refractivity contribution in [1.29, 1.82) is 0 Å². The van der Waals surface area contributed by atoms with Crippen LogP contribution in [0, 0.1) is 5.92 Å². The third-order valence-electron chi connectivity index (χ3n) is 7.40. The molecule has 0 saturated heterocycles. The molecule has 1 aliphatic heterocycles. The molecule has 0 N–H and O–H groups in total. The van der Waals surface area contributed by atoms with Gasteiger partial charge in [-0.3, -0.25) is 4.98 Å². The molecule has 34 heavy (non-hydrogen) atoms. The average Bonchev–Trinajstić information content (AvgIpc) is 3.60. The van der Waals surface area contributed by atoms with Crippen molar-refractivity contribution >= 4 is 0 Å². The quantitative estimate of drug-likeness (QED) is 0.219. The van der Waals surface area contributed by atoms with Gasteiger partial charge >= 0.3 is 0 Å². The van der Waals surface area contributed by atoms with E-state index >= 15 is 0 Å². The molecule has 3 nitrogen and oxygen atoms in total. The molecule has 3 heteroatoms. The summed E-state index contributed by atoms with van der Waals surface area (Å²) in [5.41, 5.74) is 3.49. The fourth-order valence-corrected chi connectivity index (χ4v) is 4.99. The highest BCUT2D eigenvalue weighted by atomic mass is 16.7. The first-order valence-corrected chi connectivity index (χ1v) is 14.2. The number of unbranched alkanes of at least 4 members (excludes halogenated alkanes) is 10. The Morgan fingerprint density at radius 3 is 2.12 bits per heavy atom. The molecule has 1 aliphatic carbocycles. The maximum atomic E-state index is 6.08. The highest BCUT2D eigenvalue weighted by Crippen LogP contribution is 2.39. The van der Waals surface area contributed by atoms with Crippen molar-refractivity contribution in [1.82, 2.24) is 4.98 Å². The van der Waals surface area contributed by atoms with Gasteiger partial charge in [0.1, 0.15) is 0 Å². The largest absolute Gasteiger partial charge is 0.451 e. The van der Waals surface area contributed by atoms with Gasteiger partial charge in [0.2, 0.25) is 6.29 Å². The molecule has 2 aromatic rings. The lowest BCUT2D eigenvalue weighted by molar-refractivity contribution is 0.0395. The van der Waals surface area contributed by atoms with Crippen LogP contribution >= 0.6 is 0 Å². The molecule has 1 unspecified atom stereocenters. The molecule has 1 aromatic carbocycles. The summed E-state index contributed by atoms with van der Waals surface area (Å²) < 4.78 is 12.1. The van der Waals surface area contributed by atoms with E-state index in [2.05, 4.69) is 31.2 Å². The van der Waals surface area contributed by atoms with Crippen LogP contribution in [-0.4, -0.2) is 11.3 Å². The maximum absolute atomic E-state index is 6.08. The molecule has 4 rings (SSSR count). The second kappa shape index (κ2) is 13.8. The monoisotopic (exact) mass is 463 g/mol. The van der Waals surface area contributed by atoms with Crippen molar-refractivity contribution in [2.24, 2.45) is 5.92 Å². The lowest BCUT2D eigenvalue weighted by Gasteiger charge is -2.09. The van der Waals surface area contributed by atoms with Gasteiger partial charge in [-0.2, -0.15) is 0 Å². The minimum absolute atomic E-state index is 0.130. The summed E-state index contributed by atoms with van der Waals surface area (Å²) in [6.45, 7) is 2.25. The zero-order chi connectivity index (χ0) is 23.4. The Morgan fingerprint density at radius 1 is 0.706 bits per heavy atom. The van der Waals surface area contributed by atoms with E-state index in [0.717, 1.165) is 47.8 Å². The van der Waals surface area contributed by atoms with E-state index in [1.54, 1.807) is 0 Å².